The van der Waals surface area contributed by atoms with Crippen molar-refractivity contribution in [3.63, 3.8) is 0 Å². The van der Waals surface area contributed by atoms with Gasteiger partial charge >= 0.3 is 0 Å². The third kappa shape index (κ3) is 7.93. The van der Waals surface area contributed by atoms with Gasteiger partial charge in [0.25, 0.3) is 0 Å². The second-order valence-electron chi connectivity index (χ2n) is 13.3. The molecule has 6 atom stereocenters. The fraction of sp³-hybridized carbons (Fsp3) is 0.447. The molecular weight excluding hydrogens is 614 g/mol. The van der Waals surface area contributed by atoms with Crippen molar-refractivity contribution in [1.82, 2.24) is 20.9 Å². The fourth-order valence-electron chi connectivity index (χ4n) is 7.31. The lowest BCUT2D eigenvalue weighted by Crippen LogP contribution is -2.61. The molecule has 1 saturated heterocycles. The SMILES string of the molecule is CC[C@@H](C)[C@@]1(NC(C)=O)CCN([C@@H](CCc2ccccc2)C(=O)N[C@@H](Cc2cc(F)cc(F)c2)[C@@H](O)[C@H]2Cc3ccccc3CN2)C1=O. The Morgan fingerprint density at radius 2 is 1.69 bits per heavy atom. The van der Waals surface area contributed by atoms with Crippen LogP contribution in [-0.2, 0) is 40.2 Å². The third-order valence-electron chi connectivity index (χ3n) is 10.1. The van der Waals surface area contributed by atoms with Crippen LogP contribution in [0.3, 0.4) is 0 Å². The Bertz CT molecular complexity index is 1580. The molecule has 10 heteroatoms. The van der Waals surface area contributed by atoms with E-state index in [1.54, 1.807) is 4.90 Å². The summed E-state index contributed by atoms with van der Waals surface area (Å²) in [4.78, 5) is 42.5. The number of nitrogens with zero attached hydrogens (tertiary/aromatic N) is 1. The maximum Gasteiger partial charge on any atom is 0.249 e. The molecule has 0 spiro atoms. The van der Waals surface area contributed by atoms with Crippen molar-refractivity contribution in [2.45, 2.75) is 95.6 Å². The lowest BCUT2D eigenvalue weighted by Gasteiger charge is -2.37. The number of fused-ring (bicyclic) bond motifs is 1. The first kappa shape index (κ1) is 35.2. The van der Waals surface area contributed by atoms with Gasteiger partial charge in [-0.2, -0.15) is 0 Å². The summed E-state index contributed by atoms with van der Waals surface area (Å²) in [5.41, 5.74) is 2.33. The minimum atomic E-state index is -1.14. The van der Waals surface area contributed by atoms with Crippen LogP contribution < -0.4 is 16.0 Å². The fourth-order valence-corrected chi connectivity index (χ4v) is 7.31. The largest absolute Gasteiger partial charge is 0.389 e. The highest BCUT2D eigenvalue weighted by molar-refractivity contribution is 5.96. The highest BCUT2D eigenvalue weighted by Crippen LogP contribution is 2.34. The van der Waals surface area contributed by atoms with Crippen molar-refractivity contribution in [1.29, 1.82) is 0 Å². The minimum absolute atomic E-state index is 0.0382. The topological polar surface area (TPSA) is 111 Å². The summed E-state index contributed by atoms with van der Waals surface area (Å²) < 4.78 is 28.6. The van der Waals surface area contributed by atoms with E-state index in [0.29, 0.717) is 38.6 Å². The molecule has 2 aliphatic rings. The molecule has 256 valence electrons. The van der Waals surface area contributed by atoms with Gasteiger partial charge in [0.05, 0.1) is 12.1 Å². The van der Waals surface area contributed by atoms with Gasteiger partial charge < -0.3 is 26.0 Å². The van der Waals surface area contributed by atoms with E-state index in [2.05, 4.69) is 16.0 Å². The summed E-state index contributed by atoms with van der Waals surface area (Å²) in [7, 11) is 0. The molecule has 48 heavy (non-hydrogen) atoms. The van der Waals surface area contributed by atoms with Gasteiger partial charge in [0.2, 0.25) is 17.7 Å². The number of carbonyl (C=O) groups excluding carboxylic acids is 3. The molecule has 0 aromatic heterocycles. The minimum Gasteiger partial charge on any atom is -0.389 e. The smallest absolute Gasteiger partial charge is 0.249 e. The lowest BCUT2D eigenvalue weighted by atomic mass is 9.81. The van der Waals surface area contributed by atoms with E-state index in [1.165, 1.54) is 19.1 Å². The van der Waals surface area contributed by atoms with E-state index in [0.717, 1.165) is 22.8 Å². The molecule has 0 saturated carbocycles. The molecular formula is C38H46F2N4O4. The Balaban J connectivity index is 1.45. The average molecular weight is 661 g/mol. The summed E-state index contributed by atoms with van der Waals surface area (Å²) >= 11 is 0. The van der Waals surface area contributed by atoms with E-state index >= 15 is 0 Å². The van der Waals surface area contributed by atoms with Crippen molar-refractivity contribution in [3.8, 4) is 0 Å². The van der Waals surface area contributed by atoms with Gasteiger partial charge in [-0.15, -0.1) is 0 Å². The first-order valence-corrected chi connectivity index (χ1v) is 16.9. The van der Waals surface area contributed by atoms with E-state index in [1.807, 2.05) is 68.4 Å². The van der Waals surface area contributed by atoms with Crippen molar-refractivity contribution >= 4 is 17.7 Å². The van der Waals surface area contributed by atoms with Crippen LogP contribution >= 0.6 is 0 Å². The predicted octanol–water partition coefficient (Wildman–Crippen LogP) is 4.22. The Hall–Kier alpha value is -4.15. The number of rotatable bonds is 13. The zero-order valence-electron chi connectivity index (χ0n) is 27.8. The molecule has 0 aliphatic carbocycles. The summed E-state index contributed by atoms with van der Waals surface area (Å²) in [6, 6.07) is 18.4. The first-order valence-electron chi connectivity index (χ1n) is 16.9. The van der Waals surface area contributed by atoms with Crippen LogP contribution in [0.25, 0.3) is 0 Å². The molecule has 8 nitrogen and oxygen atoms in total. The molecule has 4 N–H and O–H groups in total. The van der Waals surface area contributed by atoms with Gasteiger partial charge in [0.15, 0.2) is 0 Å². The molecule has 0 bridgehead atoms. The van der Waals surface area contributed by atoms with Gasteiger partial charge in [0.1, 0.15) is 23.2 Å². The number of nitrogens with one attached hydrogen (secondary N) is 3. The zero-order valence-corrected chi connectivity index (χ0v) is 27.8. The lowest BCUT2D eigenvalue weighted by molar-refractivity contribution is -0.144. The van der Waals surface area contributed by atoms with Gasteiger partial charge in [-0.05, 0) is 72.4 Å². The number of likely N-dealkylation sites (tertiary alicyclic amines) is 1. The Morgan fingerprint density at radius 3 is 2.35 bits per heavy atom. The number of halogens is 2. The predicted molar refractivity (Wildman–Crippen MR) is 180 cm³/mol. The monoisotopic (exact) mass is 660 g/mol. The number of aryl methyl sites for hydroxylation is 1. The van der Waals surface area contributed by atoms with E-state index < -0.39 is 47.3 Å². The Morgan fingerprint density at radius 1 is 1.02 bits per heavy atom. The van der Waals surface area contributed by atoms with Crippen LogP contribution in [-0.4, -0.2) is 64.0 Å². The van der Waals surface area contributed by atoms with Crippen molar-refractivity contribution in [3.05, 3.63) is 107 Å². The molecule has 2 aliphatic heterocycles. The van der Waals surface area contributed by atoms with Crippen LogP contribution in [0.5, 0.6) is 0 Å². The summed E-state index contributed by atoms with van der Waals surface area (Å²) in [5.74, 6) is -2.78. The second kappa shape index (κ2) is 15.4. The average Bonchev–Trinajstić information content (AvgIpc) is 3.38. The number of hydrogen-bond acceptors (Lipinski definition) is 5. The number of carbonyl (C=O) groups is 3. The number of amides is 3. The van der Waals surface area contributed by atoms with Crippen LogP contribution in [0.1, 0.15) is 62.3 Å². The van der Waals surface area contributed by atoms with Gasteiger partial charge in [-0.25, -0.2) is 8.78 Å². The number of hydrogen-bond donors (Lipinski definition) is 4. The highest BCUT2D eigenvalue weighted by atomic mass is 19.1. The molecule has 0 radical (unpaired) electrons. The van der Waals surface area contributed by atoms with Crippen molar-refractivity contribution in [2.75, 3.05) is 6.54 Å². The van der Waals surface area contributed by atoms with Crippen LogP contribution in [0, 0.1) is 17.6 Å². The number of aliphatic hydroxyl groups is 1. The van der Waals surface area contributed by atoms with E-state index in [-0.39, 0.29) is 36.3 Å². The molecule has 2 heterocycles. The van der Waals surface area contributed by atoms with Crippen molar-refractivity contribution < 1.29 is 28.3 Å². The molecule has 1 fully saturated rings. The molecule has 3 aromatic rings. The summed E-state index contributed by atoms with van der Waals surface area (Å²) in [6.07, 6.45) is 1.14. The third-order valence-corrected chi connectivity index (χ3v) is 10.1. The molecule has 5 rings (SSSR count). The summed E-state index contributed by atoms with van der Waals surface area (Å²) in [6.45, 7) is 6.06. The van der Waals surface area contributed by atoms with Gasteiger partial charge in [-0.3, -0.25) is 14.4 Å². The Kier molecular flexibility index (Phi) is 11.3. The summed E-state index contributed by atoms with van der Waals surface area (Å²) in [5, 5.41) is 21.1. The van der Waals surface area contributed by atoms with Crippen LogP contribution in [0.2, 0.25) is 0 Å². The standard InChI is InChI=1S/C38H46F2N4O4/c1-4-24(2)38(43-25(3)45)16-17-44(37(38)48)34(15-14-26-10-6-5-7-11-26)36(47)42-33(20-27-18-30(39)22-31(40)19-27)35(46)32-21-28-12-8-9-13-29(28)23-41-32/h5-13,18-19,22,24,32-35,41,46H,4,14-17,20-21,23H2,1-3H3,(H,42,47)(H,43,45)/t24-,32-,33+,34+,35+,38+/m1/s1. The zero-order chi connectivity index (χ0) is 34.4. The Labute approximate surface area is 281 Å². The quantitative estimate of drug-likeness (QED) is 0.220. The maximum atomic E-state index is 14.4. The van der Waals surface area contributed by atoms with Crippen LogP contribution in [0.15, 0.2) is 72.8 Å². The van der Waals surface area contributed by atoms with Crippen molar-refractivity contribution in [2.24, 2.45) is 5.92 Å². The van der Waals surface area contributed by atoms with E-state index in [9.17, 15) is 28.3 Å². The van der Waals surface area contributed by atoms with Gasteiger partial charge in [0, 0.05) is 32.1 Å². The molecule has 0 unspecified atom stereocenters. The van der Waals surface area contributed by atoms with Crippen LogP contribution in [0.4, 0.5) is 8.78 Å². The number of benzene rings is 3. The molecule has 3 amide bonds. The first-order chi connectivity index (χ1) is 23.0. The molecule has 3 aromatic carbocycles. The highest BCUT2D eigenvalue weighted by Gasteiger charge is 2.53. The number of aliphatic hydroxyl groups excluding tert-OH is 1. The van der Waals surface area contributed by atoms with Gasteiger partial charge in [-0.1, -0.05) is 74.9 Å². The second-order valence-corrected chi connectivity index (χ2v) is 13.3. The maximum absolute atomic E-state index is 14.4. The van der Waals surface area contributed by atoms with E-state index in [4.69, 9.17) is 0 Å². The normalized spacial score (nSPS) is 21.6.